The van der Waals surface area contributed by atoms with E-state index in [0.29, 0.717) is 25.9 Å². The average Bonchev–Trinajstić information content (AvgIpc) is 2.44. The van der Waals surface area contributed by atoms with Gasteiger partial charge in [0.15, 0.2) is 0 Å². The Hall–Kier alpha value is -1.52. The van der Waals surface area contributed by atoms with Gasteiger partial charge in [0.2, 0.25) is 0 Å². The summed E-state index contributed by atoms with van der Waals surface area (Å²) in [7, 11) is 1.73. The summed E-state index contributed by atoms with van der Waals surface area (Å²) in [6.45, 7) is 0.372. The van der Waals surface area contributed by atoms with Gasteiger partial charge in [-0.3, -0.25) is 0 Å². The molecular weight excluding hydrogens is 348 g/mol. The van der Waals surface area contributed by atoms with Crippen molar-refractivity contribution >= 4 is 11.9 Å². The molecule has 24 heavy (non-hydrogen) atoms. The molecule has 0 aliphatic heterocycles. The topological polar surface area (TPSA) is 55.8 Å². The molecule has 0 heterocycles. The van der Waals surface area contributed by atoms with Gasteiger partial charge in [-0.1, -0.05) is 0 Å². The van der Waals surface area contributed by atoms with Gasteiger partial charge in [-0.25, -0.2) is 9.59 Å². The second-order valence-electron chi connectivity index (χ2n) is 4.98. The molecule has 0 aromatic carbocycles. The fourth-order valence-corrected chi connectivity index (χ4v) is 1.57. The second-order valence-corrected chi connectivity index (χ2v) is 4.98. The van der Waals surface area contributed by atoms with Crippen molar-refractivity contribution in [3.8, 4) is 0 Å². The zero-order valence-electron chi connectivity index (χ0n) is 13.0. The van der Waals surface area contributed by atoms with E-state index in [-0.39, 0.29) is 26.1 Å². The van der Waals surface area contributed by atoms with E-state index in [4.69, 9.17) is 0 Å². The third-order valence-corrected chi connectivity index (χ3v) is 2.80. The predicted octanol–water partition coefficient (Wildman–Crippen LogP) is 2.69. The zero-order chi connectivity index (χ0) is 18.8. The minimum atomic E-state index is -4.99. The van der Waals surface area contributed by atoms with Crippen LogP contribution in [-0.4, -0.2) is 62.5 Å². The molecule has 0 spiro atoms. The Labute approximate surface area is 134 Å². The number of hydrogen-bond donors (Lipinski definition) is 0. The van der Waals surface area contributed by atoms with Crippen LogP contribution in [0, 0.1) is 0 Å². The first-order chi connectivity index (χ1) is 10.9. The quantitative estimate of drug-likeness (QED) is 0.338. The molecule has 0 saturated heterocycles. The summed E-state index contributed by atoms with van der Waals surface area (Å²) in [5.74, 6) is -4.44. The Bertz CT molecular complexity index is 361. The lowest BCUT2D eigenvalue weighted by Crippen LogP contribution is -2.26. The van der Waals surface area contributed by atoms with Crippen molar-refractivity contribution in [1.29, 1.82) is 0 Å². The van der Waals surface area contributed by atoms with Gasteiger partial charge in [0.25, 0.3) is 0 Å². The average molecular weight is 367 g/mol. The number of carbonyl (C=O) groups excluding carboxylic acids is 2. The monoisotopic (exact) mass is 367 g/mol. The highest BCUT2D eigenvalue weighted by atomic mass is 19.4. The number of ether oxygens (including phenoxy) is 2. The van der Waals surface area contributed by atoms with E-state index in [1.165, 1.54) is 0 Å². The fraction of sp³-hybridized carbons (Fsp3) is 0.846. The van der Waals surface area contributed by atoms with E-state index in [2.05, 4.69) is 9.47 Å². The SMILES string of the molecule is CN(CCCCOC(=O)C(F)(F)F)CCCCOC(=O)C(F)(F)F. The summed E-state index contributed by atoms with van der Waals surface area (Å²) < 4.78 is 79.0. The van der Waals surface area contributed by atoms with Crippen molar-refractivity contribution in [3.63, 3.8) is 0 Å². The van der Waals surface area contributed by atoms with Gasteiger partial charge < -0.3 is 14.4 Å². The molecule has 0 bridgehead atoms. The Morgan fingerprint density at radius 1 is 0.750 bits per heavy atom. The van der Waals surface area contributed by atoms with Gasteiger partial charge in [-0.2, -0.15) is 26.3 Å². The first-order valence-electron chi connectivity index (χ1n) is 7.11. The van der Waals surface area contributed by atoms with Crippen LogP contribution in [0.2, 0.25) is 0 Å². The number of hydrogen-bond acceptors (Lipinski definition) is 5. The number of nitrogens with zero attached hydrogens (tertiary/aromatic N) is 1. The van der Waals surface area contributed by atoms with Gasteiger partial charge in [-0.15, -0.1) is 0 Å². The van der Waals surface area contributed by atoms with Crippen LogP contribution in [0.15, 0.2) is 0 Å². The van der Waals surface area contributed by atoms with Crippen molar-refractivity contribution in [3.05, 3.63) is 0 Å². The van der Waals surface area contributed by atoms with Gasteiger partial charge in [0.05, 0.1) is 13.2 Å². The molecule has 0 saturated carbocycles. The normalized spacial score (nSPS) is 12.3. The number of esters is 2. The lowest BCUT2D eigenvalue weighted by Gasteiger charge is -2.16. The van der Waals surface area contributed by atoms with Crippen molar-refractivity contribution in [1.82, 2.24) is 4.90 Å². The standard InChI is InChI=1S/C13H19F6NO4/c1-20(6-2-4-8-23-10(21)12(14,15)16)7-3-5-9-24-11(22)13(17,18)19/h2-9H2,1H3. The highest BCUT2D eigenvalue weighted by molar-refractivity contribution is 5.75. The summed E-state index contributed by atoms with van der Waals surface area (Å²) in [4.78, 5) is 22.6. The molecule has 0 aliphatic carbocycles. The van der Waals surface area contributed by atoms with E-state index in [1.807, 2.05) is 4.90 Å². The number of rotatable bonds is 10. The number of carbonyl (C=O) groups is 2. The highest BCUT2D eigenvalue weighted by Gasteiger charge is 2.41. The number of alkyl halides is 6. The van der Waals surface area contributed by atoms with E-state index >= 15 is 0 Å². The summed E-state index contributed by atoms with van der Waals surface area (Å²) in [5, 5.41) is 0. The van der Waals surface area contributed by atoms with Crippen LogP contribution < -0.4 is 0 Å². The van der Waals surface area contributed by atoms with Crippen LogP contribution in [0.25, 0.3) is 0 Å². The molecule has 5 nitrogen and oxygen atoms in total. The van der Waals surface area contributed by atoms with Crippen LogP contribution in [-0.2, 0) is 19.1 Å². The van der Waals surface area contributed by atoms with E-state index in [9.17, 15) is 35.9 Å². The van der Waals surface area contributed by atoms with Gasteiger partial charge >= 0.3 is 24.3 Å². The second kappa shape index (κ2) is 10.4. The smallest absolute Gasteiger partial charge is 0.459 e. The molecule has 0 radical (unpaired) electrons. The Kier molecular flexibility index (Phi) is 9.71. The Morgan fingerprint density at radius 2 is 1.08 bits per heavy atom. The first kappa shape index (κ1) is 22.5. The third-order valence-electron chi connectivity index (χ3n) is 2.80. The van der Waals surface area contributed by atoms with Gasteiger partial charge in [0, 0.05) is 0 Å². The zero-order valence-corrected chi connectivity index (χ0v) is 13.0. The molecule has 0 amide bonds. The van der Waals surface area contributed by atoms with E-state index in [0.717, 1.165) is 0 Å². The summed E-state index contributed by atoms with van der Waals surface area (Å²) in [5.41, 5.74) is 0. The van der Waals surface area contributed by atoms with Crippen LogP contribution in [0.1, 0.15) is 25.7 Å². The summed E-state index contributed by atoms with van der Waals surface area (Å²) >= 11 is 0. The molecule has 0 aromatic rings. The summed E-state index contributed by atoms with van der Waals surface area (Å²) in [6, 6.07) is 0. The Balaban J connectivity index is 3.56. The van der Waals surface area contributed by atoms with Crippen LogP contribution in [0.5, 0.6) is 0 Å². The molecule has 0 N–H and O–H groups in total. The van der Waals surface area contributed by atoms with Crippen LogP contribution in [0.4, 0.5) is 26.3 Å². The van der Waals surface area contributed by atoms with E-state index in [1.54, 1.807) is 7.05 Å². The highest BCUT2D eigenvalue weighted by Crippen LogP contribution is 2.17. The van der Waals surface area contributed by atoms with Gasteiger partial charge in [-0.05, 0) is 45.8 Å². The van der Waals surface area contributed by atoms with Crippen molar-refractivity contribution in [2.75, 3.05) is 33.4 Å². The number of unbranched alkanes of at least 4 members (excludes halogenated alkanes) is 2. The lowest BCUT2D eigenvalue weighted by atomic mass is 10.2. The molecular formula is C13H19F6NO4. The molecule has 0 fully saturated rings. The third kappa shape index (κ3) is 11.1. The van der Waals surface area contributed by atoms with Crippen LogP contribution in [0.3, 0.4) is 0 Å². The molecule has 0 unspecified atom stereocenters. The maximum absolute atomic E-state index is 11.8. The molecule has 0 rings (SSSR count). The molecule has 0 atom stereocenters. The molecule has 11 heteroatoms. The van der Waals surface area contributed by atoms with Crippen LogP contribution >= 0.6 is 0 Å². The number of halogens is 6. The molecule has 0 aromatic heterocycles. The van der Waals surface area contributed by atoms with Crippen molar-refractivity contribution in [2.45, 2.75) is 38.0 Å². The largest absolute Gasteiger partial charge is 0.490 e. The predicted molar refractivity (Wildman–Crippen MR) is 70.0 cm³/mol. The maximum Gasteiger partial charge on any atom is 0.490 e. The lowest BCUT2D eigenvalue weighted by molar-refractivity contribution is -0.199. The van der Waals surface area contributed by atoms with Crippen molar-refractivity contribution in [2.24, 2.45) is 0 Å². The first-order valence-corrected chi connectivity index (χ1v) is 7.11. The summed E-state index contributed by atoms with van der Waals surface area (Å²) in [6.07, 6.45) is -8.49. The van der Waals surface area contributed by atoms with Crippen molar-refractivity contribution < 1.29 is 45.4 Å². The minimum Gasteiger partial charge on any atom is -0.459 e. The minimum absolute atomic E-state index is 0.259. The molecule has 0 aliphatic rings. The Morgan fingerprint density at radius 3 is 1.38 bits per heavy atom. The van der Waals surface area contributed by atoms with E-state index < -0.39 is 24.3 Å². The fourth-order valence-electron chi connectivity index (χ4n) is 1.57. The maximum atomic E-state index is 11.8. The van der Waals surface area contributed by atoms with Gasteiger partial charge in [0.1, 0.15) is 0 Å². The molecule has 142 valence electrons.